The Kier molecular flexibility index (Phi) is 6.13. The summed E-state index contributed by atoms with van der Waals surface area (Å²) in [5, 5.41) is 1.34. The van der Waals surface area contributed by atoms with Crippen molar-refractivity contribution >= 4 is 52.4 Å². The van der Waals surface area contributed by atoms with E-state index in [0.29, 0.717) is 20.8 Å². The molecule has 0 N–H and O–H groups in total. The standard InChI is InChI=1S/C17H17Cl3N2/c1-3-22(4-2)13-7-5-12(6-8-13)11-21-17-10-15(19)14(18)9-16(17)20/h5-11H,3-4H2,1-2H3. The number of nitrogens with zero attached hydrogens (tertiary/aromatic N) is 2. The molecule has 0 saturated heterocycles. The van der Waals surface area contributed by atoms with E-state index in [1.807, 2.05) is 12.1 Å². The summed E-state index contributed by atoms with van der Waals surface area (Å²) in [7, 11) is 0. The molecule has 2 aromatic rings. The van der Waals surface area contributed by atoms with Crippen molar-refractivity contribution in [3.05, 3.63) is 57.0 Å². The zero-order valence-electron chi connectivity index (χ0n) is 12.5. The van der Waals surface area contributed by atoms with Crippen molar-refractivity contribution in [1.82, 2.24) is 0 Å². The van der Waals surface area contributed by atoms with Crippen LogP contribution in [0.2, 0.25) is 15.1 Å². The van der Waals surface area contributed by atoms with Crippen LogP contribution >= 0.6 is 34.8 Å². The van der Waals surface area contributed by atoms with Gasteiger partial charge >= 0.3 is 0 Å². The van der Waals surface area contributed by atoms with E-state index in [-0.39, 0.29) is 0 Å². The Morgan fingerprint density at radius 2 is 1.50 bits per heavy atom. The molecule has 2 aromatic carbocycles. The minimum Gasteiger partial charge on any atom is -0.372 e. The molecule has 5 heteroatoms. The van der Waals surface area contributed by atoms with Crippen LogP contribution in [0.5, 0.6) is 0 Å². The van der Waals surface area contributed by atoms with Gasteiger partial charge in [0, 0.05) is 25.0 Å². The van der Waals surface area contributed by atoms with Gasteiger partial charge in [-0.1, -0.05) is 46.9 Å². The Bertz CT molecular complexity index is 662. The van der Waals surface area contributed by atoms with E-state index in [2.05, 4.69) is 35.9 Å². The molecule has 0 unspecified atom stereocenters. The molecule has 0 saturated carbocycles. The number of aliphatic imine (C=N–C) groups is 1. The average molecular weight is 356 g/mol. The highest BCUT2D eigenvalue weighted by Crippen LogP contribution is 2.33. The Morgan fingerprint density at radius 3 is 2.09 bits per heavy atom. The van der Waals surface area contributed by atoms with Crippen LogP contribution in [0, 0.1) is 0 Å². The molecule has 116 valence electrons. The lowest BCUT2D eigenvalue weighted by molar-refractivity contribution is 0.866. The molecule has 2 rings (SSSR count). The Morgan fingerprint density at radius 1 is 0.909 bits per heavy atom. The normalized spacial score (nSPS) is 11.1. The average Bonchev–Trinajstić information content (AvgIpc) is 2.52. The zero-order chi connectivity index (χ0) is 16.1. The Labute approximate surface area is 146 Å². The monoisotopic (exact) mass is 354 g/mol. The first kappa shape index (κ1) is 17.1. The molecule has 0 aliphatic heterocycles. The first-order valence-electron chi connectivity index (χ1n) is 7.08. The van der Waals surface area contributed by atoms with E-state index < -0.39 is 0 Å². The van der Waals surface area contributed by atoms with Gasteiger partial charge in [0.15, 0.2) is 0 Å². The maximum absolute atomic E-state index is 6.11. The first-order valence-corrected chi connectivity index (χ1v) is 8.22. The molecule has 0 bridgehead atoms. The van der Waals surface area contributed by atoms with Gasteiger partial charge in [-0.3, -0.25) is 4.99 Å². The predicted octanol–water partition coefficient (Wildman–Crippen LogP) is 6.24. The van der Waals surface area contributed by atoms with E-state index in [1.54, 1.807) is 18.3 Å². The molecule has 0 spiro atoms. The molecule has 0 amide bonds. The largest absolute Gasteiger partial charge is 0.372 e. The minimum atomic E-state index is 0.425. The van der Waals surface area contributed by atoms with Crippen LogP contribution in [-0.4, -0.2) is 19.3 Å². The van der Waals surface area contributed by atoms with Crippen molar-refractivity contribution in [2.24, 2.45) is 4.99 Å². The second-order valence-corrected chi connectivity index (χ2v) is 5.96. The summed E-state index contributed by atoms with van der Waals surface area (Å²) in [6, 6.07) is 11.5. The number of hydrogen-bond donors (Lipinski definition) is 0. The molecule has 0 aromatic heterocycles. The smallest absolute Gasteiger partial charge is 0.0831 e. The molecular formula is C17H17Cl3N2. The third kappa shape index (κ3) is 4.16. The molecule has 0 aliphatic rings. The van der Waals surface area contributed by atoms with E-state index in [9.17, 15) is 0 Å². The van der Waals surface area contributed by atoms with Crippen molar-refractivity contribution in [1.29, 1.82) is 0 Å². The van der Waals surface area contributed by atoms with Crippen molar-refractivity contribution in [3.8, 4) is 0 Å². The van der Waals surface area contributed by atoms with Gasteiger partial charge in [-0.2, -0.15) is 0 Å². The van der Waals surface area contributed by atoms with Gasteiger partial charge in [-0.25, -0.2) is 0 Å². The highest BCUT2D eigenvalue weighted by Gasteiger charge is 2.05. The van der Waals surface area contributed by atoms with E-state index in [4.69, 9.17) is 34.8 Å². The third-order valence-corrected chi connectivity index (χ3v) is 4.39. The SMILES string of the molecule is CCN(CC)c1ccc(C=Nc2cc(Cl)c(Cl)cc2Cl)cc1. The quantitative estimate of drug-likeness (QED) is 0.457. The number of benzene rings is 2. The van der Waals surface area contributed by atoms with Crippen LogP contribution in [0.4, 0.5) is 11.4 Å². The van der Waals surface area contributed by atoms with Gasteiger partial charge < -0.3 is 4.90 Å². The molecule has 0 fully saturated rings. The topological polar surface area (TPSA) is 15.6 Å². The lowest BCUT2D eigenvalue weighted by Gasteiger charge is -2.20. The van der Waals surface area contributed by atoms with Gasteiger partial charge in [0.25, 0.3) is 0 Å². The molecule has 0 heterocycles. The maximum Gasteiger partial charge on any atom is 0.0831 e. The zero-order valence-corrected chi connectivity index (χ0v) is 14.8. The van der Waals surface area contributed by atoms with Crippen LogP contribution in [0.15, 0.2) is 41.4 Å². The van der Waals surface area contributed by atoms with Crippen LogP contribution < -0.4 is 4.90 Å². The van der Waals surface area contributed by atoms with Crippen LogP contribution in [-0.2, 0) is 0 Å². The van der Waals surface area contributed by atoms with Gasteiger partial charge in [0.05, 0.1) is 20.8 Å². The molecule has 22 heavy (non-hydrogen) atoms. The predicted molar refractivity (Wildman–Crippen MR) is 98.7 cm³/mol. The van der Waals surface area contributed by atoms with Gasteiger partial charge in [0.1, 0.15) is 0 Å². The van der Waals surface area contributed by atoms with Crippen molar-refractivity contribution < 1.29 is 0 Å². The molecule has 2 nitrogen and oxygen atoms in total. The minimum absolute atomic E-state index is 0.425. The van der Waals surface area contributed by atoms with Crippen molar-refractivity contribution in [3.63, 3.8) is 0 Å². The summed E-state index contributed by atoms with van der Waals surface area (Å²) in [5.74, 6) is 0. The van der Waals surface area contributed by atoms with Crippen molar-refractivity contribution in [2.45, 2.75) is 13.8 Å². The van der Waals surface area contributed by atoms with E-state index in [1.165, 1.54) is 5.69 Å². The van der Waals surface area contributed by atoms with Gasteiger partial charge in [0.2, 0.25) is 0 Å². The summed E-state index contributed by atoms with van der Waals surface area (Å²) in [6.07, 6.45) is 1.76. The van der Waals surface area contributed by atoms with Gasteiger partial charge in [-0.15, -0.1) is 0 Å². The molecule has 0 atom stereocenters. The number of anilines is 1. The van der Waals surface area contributed by atoms with E-state index >= 15 is 0 Å². The first-order chi connectivity index (χ1) is 10.5. The highest BCUT2D eigenvalue weighted by molar-refractivity contribution is 6.43. The highest BCUT2D eigenvalue weighted by atomic mass is 35.5. The summed E-state index contributed by atoms with van der Waals surface area (Å²) >= 11 is 18.0. The van der Waals surface area contributed by atoms with Crippen LogP contribution in [0.25, 0.3) is 0 Å². The van der Waals surface area contributed by atoms with Crippen molar-refractivity contribution in [2.75, 3.05) is 18.0 Å². The summed E-state index contributed by atoms with van der Waals surface area (Å²) in [5.41, 5.74) is 2.80. The fraction of sp³-hybridized carbons (Fsp3) is 0.235. The summed E-state index contributed by atoms with van der Waals surface area (Å²) in [6.45, 7) is 6.27. The van der Waals surface area contributed by atoms with E-state index in [0.717, 1.165) is 18.7 Å². The maximum atomic E-state index is 6.11. The third-order valence-electron chi connectivity index (χ3n) is 3.36. The second-order valence-electron chi connectivity index (χ2n) is 4.74. The fourth-order valence-corrected chi connectivity index (χ4v) is 2.70. The Balaban J connectivity index is 2.19. The number of rotatable bonds is 5. The number of halogens is 3. The Hall–Kier alpha value is -1.22. The molecular weight excluding hydrogens is 339 g/mol. The molecule has 0 radical (unpaired) electrons. The lowest BCUT2D eigenvalue weighted by Crippen LogP contribution is -2.21. The second kappa shape index (κ2) is 7.87. The van der Waals surface area contributed by atoms with Crippen LogP contribution in [0.3, 0.4) is 0 Å². The van der Waals surface area contributed by atoms with Crippen LogP contribution in [0.1, 0.15) is 19.4 Å². The summed E-state index contributed by atoms with van der Waals surface area (Å²) < 4.78 is 0. The lowest BCUT2D eigenvalue weighted by atomic mass is 10.2. The molecule has 0 aliphatic carbocycles. The number of hydrogen-bond acceptors (Lipinski definition) is 2. The fourth-order valence-electron chi connectivity index (χ4n) is 2.12. The van der Waals surface area contributed by atoms with Gasteiger partial charge in [-0.05, 0) is 43.7 Å². The summed E-state index contributed by atoms with van der Waals surface area (Å²) in [4.78, 5) is 6.67.